The summed E-state index contributed by atoms with van der Waals surface area (Å²) >= 11 is 0. The van der Waals surface area contributed by atoms with Gasteiger partial charge in [-0.3, -0.25) is 4.79 Å². The number of carbonyl (C=O) groups is 2. The van der Waals surface area contributed by atoms with E-state index in [9.17, 15) is 9.59 Å². The van der Waals surface area contributed by atoms with Crippen molar-refractivity contribution in [3.63, 3.8) is 0 Å². The number of nitrogens with zero attached hydrogens (tertiary/aromatic N) is 1. The summed E-state index contributed by atoms with van der Waals surface area (Å²) in [5.41, 5.74) is 5.58. The summed E-state index contributed by atoms with van der Waals surface area (Å²) in [6.45, 7) is 0.334. The Morgan fingerprint density at radius 1 is 1.09 bits per heavy atom. The van der Waals surface area contributed by atoms with Crippen molar-refractivity contribution in [2.24, 2.45) is 0 Å². The zero-order valence-electron chi connectivity index (χ0n) is 17.9. The van der Waals surface area contributed by atoms with Gasteiger partial charge in [-0.25, -0.2) is 4.79 Å². The van der Waals surface area contributed by atoms with Gasteiger partial charge in [0.2, 0.25) is 0 Å². The molecule has 3 aliphatic rings. The van der Waals surface area contributed by atoms with Gasteiger partial charge < -0.3 is 19.4 Å². The zero-order valence-corrected chi connectivity index (χ0v) is 17.9. The third-order valence-corrected chi connectivity index (χ3v) is 6.99. The van der Waals surface area contributed by atoms with Crippen LogP contribution in [-0.2, 0) is 27.3 Å². The molecule has 32 heavy (non-hydrogen) atoms. The van der Waals surface area contributed by atoms with Crippen LogP contribution in [0.1, 0.15) is 23.2 Å². The third kappa shape index (κ3) is 2.40. The second-order valence-corrected chi connectivity index (χ2v) is 8.54. The van der Waals surface area contributed by atoms with Gasteiger partial charge in [0.05, 0.1) is 20.8 Å². The van der Waals surface area contributed by atoms with Crippen LogP contribution in [0.4, 0.5) is 0 Å². The number of aromatic nitrogens is 1. The molecule has 0 saturated carbocycles. The Kier molecular flexibility index (Phi) is 3.90. The number of ether oxygens (including phenoxy) is 2. The van der Waals surface area contributed by atoms with Crippen molar-refractivity contribution in [1.29, 1.82) is 0 Å². The molecule has 1 amide bonds. The van der Waals surface area contributed by atoms with E-state index in [1.165, 1.54) is 7.11 Å². The molecule has 3 aromatic rings. The molecule has 1 N–H and O–H groups in total. The first-order valence-corrected chi connectivity index (χ1v) is 10.6. The predicted molar refractivity (Wildman–Crippen MR) is 120 cm³/mol. The summed E-state index contributed by atoms with van der Waals surface area (Å²) in [6, 6.07) is 15.8. The number of carbonyl (C=O) groups excluding carboxylic acids is 2. The van der Waals surface area contributed by atoms with Crippen LogP contribution >= 0.6 is 0 Å². The first-order chi connectivity index (χ1) is 15.6. The van der Waals surface area contributed by atoms with Gasteiger partial charge in [0, 0.05) is 28.6 Å². The van der Waals surface area contributed by atoms with E-state index in [-0.39, 0.29) is 5.91 Å². The quantitative estimate of drug-likeness (QED) is 0.647. The van der Waals surface area contributed by atoms with Gasteiger partial charge in [0.1, 0.15) is 5.75 Å². The summed E-state index contributed by atoms with van der Waals surface area (Å²) in [6.07, 6.45) is 3.02. The van der Waals surface area contributed by atoms with Crippen LogP contribution in [0.5, 0.6) is 5.75 Å². The topological polar surface area (TPSA) is 71.6 Å². The molecule has 6 rings (SSSR count). The van der Waals surface area contributed by atoms with Crippen LogP contribution < -0.4 is 4.74 Å². The van der Waals surface area contributed by atoms with E-state index in [0.717, 1.165) is 44.6 Å². The summed E-state index contributed by atoms with van der Waals surface area (Å²) in [5, 5.41) is 1.09. The van der Waals surface area contributed by atoms with Gasteiger partial charge in [-0.05, 0) is 53.0 Å². The Balaban J connectivity index is 1.49. The molecule has 0 fully saturated rings. The van der Waals surface area contributed by atoms with E-state index in [2.05, 4.69) is 11.1 Å². The third-order valence-electron chi connectivity index (χ3n) is 6.99. The minimum absolute atomic E-state index is 0.116. The van der Waals surface area contributed by atoms with Crippen LogP contribution in [-0.4, -0.2) is 41.5 Å². The van der Waals surface area contributed by atoms with Crippen LogP contribution in [0.3, 0.4) is 0 Å². The number of rotatable bonds is 3. The molecule has 6 heteroatoms. The average molecular weight is 426 g/mol. The molecule has 2 aliphatic heterocycles. The molecular weight excluding hydrogens is 404 g/mol. The van der Waals surface area contributed by atoms with Crippen molar-refractivity contribution in [3.05, 3.63) is 82.6 Å². The van der Waals surface area contributed by atoms with E-state index >= 15 is 0 Å². The number of methoxy groups -OCH3 is 2. The number of allylic oxidation sites excluding steroid dienone is 1. The highest BCUT2D eigenvalue weighted by Gasteiger charge is 2.55. The Labute approximate surface area is 185 Å². The maximum atomic E-state index is 13.8. The van der Waals surface area contributed by atoms with Crippen molar-refractivity contribution in [2.75, 3.05) is 14.2 Å². The van der Waals surface area contributed by atoms with E-state index < -0.39 is 11.5 Å². The largest absolute Gasteiger partial charge is 0.497 e. The molecule has 1 aromatic heterocycles. The van der Waals surface area contributed by atoms with Crippen molar-refractivity contribution in [2.45, 2.75) is 24.9 Å². The number of amides is 1. The number of nitrogens with one attached hydrogen (secondary N) is 1. The highest BCUT2D eigenvalue weighted by molar-refractivity contribution is 6.14. The number of H-pyrrole nitrogens is 1. The molecule has 0 radical (unpaired) electrons. The van der Waals surface area contributed by atoms with E-state index in [4.69, 9.17) is 9.47 Å². The maximum Gasteiger partial charge on any atom is 0.336 e. The SMILES string of the molecule is COC(=O)C12C=C3CC(c4ccc(OC)cc4)=C3C(=O)N1Cc1[nH]c3ccccc3c1C2. The fourth-order valence-electron chi connectivity index (χ4n) is 5.36. The number of esters is 1. The second kappa shape index (κ2) is 6.60. The van der Waals surface area contributed by atoms with Gasteiger partial charge in [0.15, 0.2) is 5.54 Å². The van der Waals surface area contributed by atoms with Crippen LogP contribution in [0.2, 0.25) is 0 Å². The molecule has 6 nitrogen and oxygen atoms in total. The summed E-state index contributed by atoms with van der Waals surface area (Å²) in [7, 11) is 3.02. The fourth-order valence-corrected chi connectivity index (χ4v) is 5.36. The maximum absolute atomic E-state index is 13.8. The highest BCUT2D eigenvalue weighted by Crippen LogP contribution is 2.50. The predicted octanol–water partition coefficient (Wildman–Crippen LogP) is 3.77. The van der Waals surface area contributed by atoms with Crippen molar-refractivity contribution < 1.29 is 19.1 Å². The Morgan fingerprint density at radius 3 is 2.62 bits per heavy atom. The van der Waals surface area contributed by atoms with Gasteiger partial charge >= 0.3 is 5.97 Å². The molecule has 0 saturated heterocycles. The molecular formula is C26H22N2O4. The second-order valence-electron chi connectivity index (χ2n) is 8.54. The van der Waals surface area contributed by atoms with E-state index in [1.54, 1.807) is 12.0 Å². The molecule has 0 spiro atoms. The Bertz CT molecular complexity index is 1360. The molecule has 1 atom stereocenters. The minimum atomic E-state index is -1.12. The van der Waals surface area contributed by atoms with Crippen LogP contribution in [0, 0.1) is 0 Å². The van der Waals surface area contributed by atoms with E-state index in [1.807, 2.05) is 48.5 Å². The average Bonchev–Trinajstić information content (AvgIpc) is 3.17. The normalized spacial score (nSPS) is 21.4. The number of benzene rings is 2. The number of para-hydroxylation sites is 1. The summed E-state index contributed by atoms with van der Waals surface area (Å²) in [4.78, 5) is 32.0. The first kappa shape index (κ1) is 18.9. The van der Waals surface area contributed by atoms with E-state index in [0.29, 0.717) is 25.0 Å². The van der Waals surface area contributed by atoms with Crippen molar-refractivity contribution >= 4 is 28.4 Å². The monoisotopic (exact) mass is 426 g/mol. The number of hydrogen-bond donors (Lipinski definition) is 1. The molecule has 2 aromatic carbocycles. The molecule has 3 heterocycles. The molecule has 1 aliphatic carbocycles. The fraction of sp³-hybridized carbons (Fsp3) is 0.231. The van der Waals surface area contributed by atoms with Gasteiger partial charge in [-0.2, -0.15) is 0 Å². The lowest BCUT2D eigenvalue weighted by Crippen LogP contribution is -2.62. The summed E-state index contributed by atoms with van der Waals surface area (Å²) < 4.78 is 10.5. The lowest BCUT2D eigenvalue weighted by atomic mass is 9.70. The molecule has 160 valence electrons. The zero-order chi connectivity index (χ0) is 22.0. The van der Waals surface area contributed by atoms with Gasteiger partial charge in [-0.15, -0.1) is 0 Å². The Morgan fingerprint density at radius 2 is 1.88 bits per heavy atom. The van der Waals surface area contributed by atoms with Crippen LogP contribution in [0.25, 0.3) is 16.5 Å². The number of hydrogen-bond acceptors (Lipinski definition) is 4. The smallest absolute Gasteiger partial charge is 0.336 e. The molecule has 0 bridgehead atoms. The van der Waals surface area contributed by atoms with Gasteiger partial charge in [-0.1, -0.05) is 30.3 Å². The first-order valence-electron chi connectivity index (χ1n) is 10.6. The molecule has 1 unspecified atom stereocenters. The van der Waals surface area contributed by atoms with Crippen molar-refractivity contribution in [1.82, 2.24) is 9.88 Å². The van der Waals surface area contributed by atoms with Crippen LogP contribution in [0.15, 0.2) is 65.8 Å². The lowest BCUT2D eigenvalue weighted by Gasteiger charge is -2.49. The standard InChI is InChI=1S/C26H22N2O4/c1-31-17-9-7-15(8-10-17)19-11-16-12-26(25(30)32-2)13-20-18-5-3-4-6-21(18)27-22(20)14-28(26)24(29)23(16)19/h3-10,12,27H,11,13-14H2,1-2H3. The van der Waals surface area contributed by atoms with Gasteiger partial charge in [0.25, 0.3) is 5.91 Å². The lowest BCUT2D eigenvalue weighted by molar-refractivity contribution is -0.159. The number of fused-ring (bicyclic) bond motifs is 5. The highest BCUT2D eigenvalue weighted by atomic mass is 16.5. The summed E-state index contributed by atoms with van der Waals surface area (Å²) in [5.74, 6) is 0.261. The minimum Gasteiger partial charge on any atom is -0.497 e. The van der Waals surface area contributed by atoms with Crippen molar-refractivity contribution in [3.8, 4) is 5.75 Å². The Hall–Kier alpha value is -3.80. The number of aromatic amines is 1.